The molecule has 1 heterocycles. The fourth-order valence-corrected chi connectivity index (χ4v) is 2.50. The van der Waals surface area contributed by atoms with E-state index in [4.69, 9.17) is 20.7 Å². The molecule has 0 bridgehead atoms. The maximum atomic E-state index is 14.1. The van der Waals surface area contributed by atoms with Crippen LogP contribution in [0.15, 0.2) is 59.8 Å². The first-order valence-electron chi connectivity index (χ1n) is 9.37. The molecule has 0 spiro atoms. The van der Waals surface area contributed by atoms with Gasteiger partial charge in [0.15, 0.2) is 11.6 Å². The van der Waals surface area contributed by atoms with E-state index in [1.807, 2.05) is 0 Å². The molecule has 160 valence electrons. The van der Waals surface area contributed by atoms with E-state index < -0.39 is 5.82 Å². The number of nitrogen functional groups attached to an aromatic ring is 1. The molecule has 0 amide bonds. The minimum Gasteiger partial charge on any atom is -0.491 e. The van der Waals surface area contributed by atoms with Crippen molar-refractivity contribution in [1.82, 2.24) is 9.97 Å². The topological polar surface area (TPSA) is 143 Å². The van der Waals surface area contributed by atoms with Crippen LogP contribution in [-0.4, -0.2) is 36.3 Å². The van der Waals surface area contributed by atoms with Gasteiger partial charge in [-0.1, -0.05) is 11.2 Å². The molecule has 0 unspecified atom stereocenters. The van der Waals surface area contributed by atoms with E-state index >= 15 is 0 Å². The van der Waals surface area contributed by atoms with E-state index in [1.165, 1.54) is 0 Å². The molecular weight excluding hydrogens is 403 g/mol. The van der Waals surface area contributed by atoms with Crippen molar-refractivity contribution in [2.75, 3.05) is 42.7 Å². The number of nitrogens with one attached hydrogen (secondary N) is 2. The van der Waals surface area contributed by atoms with Crippen molar-refractivity contribution < 1.29 is 13.9 Å². The molecule has 0 saturated carbocycles. The second kappa shape index (κ2) is 11.2. The Balaban J connectivity index is 1.53. The van der Waals surface area contributed by atoms with Crippen molar-refractivity contribution in [3.05, 3.63) is 71.0 Å². The van der Waals surface area contributed by atoms with Gasteiger partial charge < -0.3 is 25.8 Å². The van der Waals surface area contributed by atoms with Gasteiger partial charge in [0.05, 0.1) is 19.4 Å². The molecule has 0 saturated heterocycles. The van der Waals surface area contributed by atoms with Crippen LogP contribution < -0.4 is 21.1 Å². The molecule has 4 N–H and O–H groups in total. The fourth-order valence-electron chi connectivity index (χ4n) is 2.50. The number of rotatable bonds is 11. The molecule has 2 aromatic carbocycles. The third-order valence-corrected chi connectivity index (χ3v) is 3.90. The standard InChI is InChI=1S/C20H21FN8O2/c21-18-13-24-20(28-19(18)26-16-3-1-2-14(22)12-16)27-15-4-6-17(7-5-15)31-11-10-30-9-8-25-29-23/h1-7,12-13H,8-11,22H2,(H2,24,26,27,28). The summed E-state index contributed by atoms with van der Waals surface area (Å²) in [5, 5.41) is 9.28. The van der Waals surface area contributed by atoms with Gasteiger partial charge in [0.2, 0.25) is 5.95 Å². The summed E-state index contributed by atoms with van der Waals surface area (Å²) in [7, 11) is 0. The maximum Gasteiger partial charge on any atom is 0.229 e. The number of azide groups is 1. The van der Waals surface area contributed by atoms with Crippen molar-refractivity contribution in [2.45, 2.75) is 0 Å². The Labute approximate surface area is 177 Å². The van der Waals surface area contributed by atoms with Gasteiger partial charge in [-0.3, -0.25) is 0 Å². The number of hydrogen-bond acceptors (Lipinski definition) is 8. The first kappa shape index (κ1) is 21.6. The van der Waals surface area contributed by atoms with Crippen molar-refractivity contribution in [1.29, 1.82) is 0 Å². The summed E-state index contributed by atoms with van der Waals surface area (Å²) in [5.41, 5.74) is 15.8. The largest absolute Gasteiger partial charge is 0.491 e. The second-order valence-corrected chi connectivity index (χ2v) is 6.21. The zero-order chi connectivity index (χ0) is 21.9. The lowest BCUT2D eigenvalue weighted by atomic mass is 10.3. The first-order chi connectivity index (χ1) is 15.1. The Hall–Kier alpha value is -4.08. The van der Waals surface area contributed by atoms with Gasteiger partial charge in [-0.15, -0.1) is 0 Å². The van der Waals surface area contributed by atoms with E-state index in [2.05, 4.69) is 30.6 Å². The minimum absolute atomic E-state index is 0.0310. The first-order valence-corrected chi connectivity index (χ1v) is 9.37. The Morgan fingerprint density at radius 3 is 2.68 bits per heavy atom. The summed E-state index contributed by atoms with van der Waals surface area (Å²) < 4.78 is 24.9. The number of ether oxygens (including phenoxy) is 2. The normalized spacial score (nSPS) is 10.2. The molecule has 1 aromatic heterocycles. The molecule has 3 aromatic rings. The van der Waals surface area contributed by atoms with E-state index in [0.717, 1.165) is 6.20 Å². The fraction of sp³-hybridized carbons (Fsp3) is 0.200. The molecular formula is C20H21FN8O2. The minimum atomic E-state index is -0.585. The highest BCUT2D eigenvalue weighted by Gasteiger charge is 2.08. The third kappa shape index (κ3) is 7.03. The van der Waals surface area contributed by atoms with Gasteiger partial charge in [-0.2, -0.15) is 4.98 Å². The van der Waals surface area contributed by atoms with Crippen LogP contribution in [0.4, 0.5) is 33.2 Å². The van der Waals surface area contributed by atoms with Gasteiger partial charge in [0.1, 0.15) is 12.4 Å². The number of benzene rings is 2. The predicted molar refractivity (Wildman–Crippen MR) is 116 cm³/mol. The molecule has 0 aliphatic heterocycles. The highest BCUT2D eigenvalue weighted by atomic mass is 19.1. The van der Waals surface area contributed by atoms with Crippen LogP contribution in [0.25, 0.3) is 10.4 Å². The lowest BCUT2D eigenvalue weighted by Gasteiger charge is -2.11. The second-order valence-electron chi connectivity index (χ2n) is 6.21. The van der Waals surface area contributed by atoms with Crippen LogP contribution in [0.2, 0.25) is 0 Å². The van der Waals surface area contributed by atoms with Crippen molar-refractivity contribution in [3.8, 4) is 5.75 Å². The van der Waals surface area contributed by atoms with Crippen molar-refractivity contribution in [2.24, 2.45) is 5.11 Å². The van der Waals surface area contributed by atoms with E-state index in [0.29, 0.717) is 49.2 Å². The van der Waals surface area contributed by atoms with Crippen molar-refractivity contribution >= 4 is 28.8 Å². The quantitative estimate of drug-likeness (QED) is 0.136. The van der Waals surface area contributed by atoms with E-state index in [1.54, 1.807) is 48.5 Å². The van der Waals surface area contributed by atoms with Crippen LogP contribution in [0.3, 0.4) is 0 Å². The summed E-state index contributed by atoms with van der Waals surface area (Å²) in [6.07, 6.45) is 1.09. The molecule has 0 atom stereocenters. The average Bonchev–Trinajstić information content (AvgIpc) is 2.77. The zero-order valence-electron chi connectivity index (χ0n) is 16.5. The van der Waals surface area contributed by atoms with E-state index in [9.17, 15) is 4.39 Å². The van der Waals surface area contributed by atoms with Crippen LogP contribution in [0, 0.1) is 5.82 Å². The van der Waals surface area contributed by atoms with E-state index in [-0.39, 0.29) is 11.8 Å². The Morgan fingerprint density at radius 1 is 1.06 bits per heavy atom. The Kier molecular flexibility index (Phi) is 7.81. The number of halogens is 1. The van der Waals surface area contributed by atoms with Gasteiger partial charge in [0.25, 0.3) is 0 Å². The monoisotopic (exact) mass is 424 g/mol. The summed E-state index contributed by atoms with van der Waals surface area (Å²) >= 11 is 0. The van der Waals surface area contributed by atoms with Gasteiger partial charge in [-0.25, -0.2) is 9.37 Å². The molecule has 0 aliphatic carbocycles. The Morgan fingerprint density at radius 2 is 1.90 bits per heavy atom. The van der Waals surface area contributed by atoms with Crippen molar-refractivity contribution in [3.63, 3.8) is 0 Å². The van der Waals surface area contributed by atoms with Gasteiger partial charge in [-0.05, 0) is 48.0 Å². The molecule has 31 heavy (non-hydrogen) atoms. The predicted octanol–water partition coefficient (Wildman–Crippen LogP) is 4.39. The number of hydrogen-bond donors (Lipinski definition) is 3. The summed E-state index contributed by atoms with van der Waals surface area (Å²) in [6, 6.07) is 14.1. The van der Waals surface area contributed by atoms with Gasteiger partial charge >= 0.3 is 0 Å². The molecule has 0 aliphatic rings. The molecule has 3 rings (SSSR count). The van der Waals surface area contributed by atoms with Gasteiger partial charge in [0, 0.05) is 28.5 Å². The third-order valence-electron chi connectivity index (χ3n) is 3.90. The Bertz CT molecular complexity index is 1040. The van der Waals surface area contributed by atoms with Crippen LogP contribution in [-0.2, 0) is 4.74 Å². The molecule has 10 nitrogen and oxygen atoms in total. The molecule has 0 fully saturated rings. The summed E-state index contributed by atoms with van der Waals surface area (Å²) in [6.45, 7) is 1.39. The number of anilines is 5. The smallest absolute Gasteiger partial charge is 0.229 e. The maximum absolute atomic E-state index is 14.1. The van der Waals surface area contributed by atoms with Crippen LogP contribution in [0.1, 0.15) is 0 Å². The highest BCUT2D eigenvalue weighted by Crippen LogP contribution is 2.22. The molecule has 0 radical (unpaired) electrons. The average molecular weight is 424 g/mol. The summed E-state index contributed by atoms with van der Waals surface area (Å²) in [4.78, 5) is 10.8. The summed E-state index contributed by atoms with van der Waals surface area (Å²) in [5.74, 6) is 0.338. The number of nitrogens with two attached hydrogens (primary N) is 1. The molecule has 11 heteroatoms. The highest BCUT2D eigenvalue weighted by molar-refractivity contribution is 5.63. The zero-order valence-corrected chi connectivity index (χ0v) is 16.5. The van der Waals surface area contributed by atoms with Crippen LogP contribution >= 0.6 is 0 Å². The number of nitrogens with zero attached hydrogens (tertiary/aromatic N) is 5. The van der Waals surface area contributed by atoms with Crippen LogP contribution in [0.5, 0.6) is 5.75 Å². The SMILES string of the molecule is [N-]=[N+]=NCCOCCOc1ccc(Nc2ncc(F)c(Nc3cccc(N)c3)n2)cc1. The number of aromatic nitrogens is 2. The lowest BCUT2D eigenvalue weighted by Crippen LogP contribution is -2.08. The lowest BCUT2D eigenvalue weighted by molar-refractivity contribution is 0.106.